The summed E-state index contributed by atoms with van der Waals surface area (Å²) in [7, 11) is 2.12. The summed E-state index contributed by atoms with van der Waals surface area (Å²) in [5, 5.41) is 3.00. The van der Waals surface area contributed by atoms with Gasteiger partial charge in [0.2, 0.25) is 5.91 Å². The van der Waals surface area contributed by atoms with Crippen LogP contribution in [0.1, 0.15) is 24.0 Å². The number of halogens is 3. The molecule has 0 spiro atoms. The van der Waals surface area contributed by atoms with E-state index in [0.717, 1.165) is 49.2 Å². The minimum absolute atomic E-state index is 0.102. The number of benzene rings is 1. The largest absolute Gasteiger partial charge is 0.419 e. The maximum atomic E-state index is 13.4. The van der Waals surface area contributed by atoms with Crippen molar-refractivity contribution in [3.8, 4) is 0 Å². The van der Waals surface area contributed by atoms with Gasteiger partial charge >= 0.3 is 6.18 Å². The summed E-state index contributed by atoms with van der Waals surface area (Å²) >= 11 is 0. The van der Waals surface area contributed by atoms with Gasteiger partial charge in [0.25, 0.3) is 0 Å². The summed E-state index contributed by atoms with van der Waals surface area (Å²) in [4.78, 5) is 23.2. The number of rotatable bonds is 4. The van der Waals surface area contributed by atoms with Crippen molar-refractivity contribution in [2.24, 2.45) is 5.92 Å². The molecule has 1 N–H and O–H groups in total. The number of carbonyl (C=O) groups is 1. The Labute approximate surface area is 192 Å². The topological polar surface area (TPSA) is 51.7 Å². The van der Waals surface area contributed by atoms with Crippen molar-refractivity contribution in [3.05, 3.63) is 47.7 Å². The van der Waals surface area contributed by atoms with Crippen LogP contribution in [-0.2, 0) is 11.0 Å². The van der Waals surface area contributed by atoms with Gasteiger partial charge in [-0.1, -0.05) is 0 Å². The first-order chi connectivity index (χ1) is 15.7. The highest BCUT2D eigenvalue weighted by Gasteiger charge is 2.37. The number of aryl methyl sites for hydroxylation is 1. The number of nitrogens with zero attached hydrogens (tertiary/aromatic N) is 4. The molecule has 1 aromatic heterocycles. The van der Waals surface area contributed by atoms with Crippen molar-refractivity contribution >= 4 is 23.1 Å². The predicted octanol–water partition coefficient (Wildman–Crippen LogP) is 4.02. The molecule has 1 unspecified atom stereocenters. The number of pyridine rings is 1. The monoisotopic (exact) mass is 461 g/mol. The lowest BCUT2D eigenvalue weighted by molar-refractivity contribution is -0.137. The first-order valence-electron chi connectivity index (χ1n) is 11.3. The van der Waals surface area contributed by atoms with Crippen molar-refractivity contribution < 1.29 is 18.0 Å². The van der Waals surface area contributed by atoms with Gasteiger partial charge in [0.1, 0.15) is 5.82 Å². The van der Waals surface area contributed by atoms with E-state index in [4.69, 9.17) is 0 Å². The van der Waals surface area contributed by atoms with Crippen LogP contribution in [0, 0.1) is 12.8 Å². The summed E-state index contributed by atoms with van der Waals surface area (Å²) < 4.78 is 40.3. The molecular formula is C24H30F3N5O. The Hall–Kier alpha value is -2.81. The number of piperazine rings is 1. The molecule has 0 bridgehead atoms. The molecule has 2 saturated heterocycles. The lowest BCUT2D eigenvalue weighted by Gasteiger charge is -2.35. The van der Waals surface area contributed by atoms with Crippen molar-refractivity contribution in [2.75, 3.05) is 61.4 Å². The average molecular weight is 462 g/mol. The fraction of sp³-hybridized carbons (Fsp3) is 0.500. The second-order valence-corrected chi connectivity index (χ2v) is 8.94. The Bertz CT molecular complexity index is 988. The molecule has 33 heavy (non-hydrogen) atoms. The molecule has 2 fully saturated rings. The number of carbonyl (C=O) groups excluding carboxylic acids is 1. The number of anilines is 3. The fourth-order valence-electron chi connectivity index (χ4n) is 4.54. The van der Waals surface area contributed by atoms with Gasteiger partial charge in [-0.3, -0.25) is 4.79 Å². The van der Waals surface area contributed by atoms with Crippen LogP contribution in [0.15, 0.2) is 36.5 Å². The molecule has 9 heteroatoms. The lowest BCUT2D eigenvalue weighted by Crippen LogP contribution is -2.44. The van der Waals surface area contributed by atoms with Gasteiger partial charge in [0, 0.05) is 56.8 Å². The van der Waals surface area contributed by atoms with Crippen LogP contribution in [0.2, 0.25) is 0 Å². The van der Waals surface area contributed by atoms with Gasteiger partial charge in [0.15, 0.2) is 0 Å². The minimum Gasteiger partial charge on any atom is -0.369 e. The van der Waals surface area contributed by atoms with E-state index in [-0.39, 0.29) is 18.3 Å². The first-order valence-corrected chi connectivity index (χ1v) is 11.3. The van der Waals surface area contributed by atoms with Gasteiger partial charge in [-0.05, 0) is 62.7 Å². The molecule has 178 valence electrons. The van der Waals surface area contributed by atoms with Crippen molar-refractivity contribution in [1.82, 2.24) is 9.88 Å². The lowest BCUT2D eigenvalue weighted by atomic mass is 9.96. The number of alkyl halides is 3. The summed E-state index contributed by atoms with van der Waals surface area (Å²) in [6.45, 7) is 6.59. The normalized spacial score (nSPS) is 20.1. The van der Waals surface area contributed by atoms with Crippen LogP contribution in [0.5, 0.6) is 0 Å². The number of piperidine rings is 1. The second-order valence-electron chi connectivity index (χ2n) is 8.94. The zero-order valence-electron chi connectivity index (χ0n) is 19.0. The third kappa shape index (κ3) is 5.40. The fourth-order valence-corrected chi connectivity index (χ4v) is 4.54. The summed E-state index contributed by atoms with van der Waals surface area (Å²) in [5.74, 6) is -0.673. The van der Waals surface area contributed by atoms with E-state index in [9.17, 15) is 18.0 Å². The van der Waals surface area contributed by atoms with Gasteiger partial charge < -0.3 is 20.0 Å². The number of hydrogen-bond donors (Lipinski definition) is 1. The summed E-state index contributed by atoms with van der Waals surface area (Å²) in [6.07, 6.45) is -1.86. The molecular weight excluding hydrogens is 431 g/mol. The van der Waals surface area contributed by atoms with Crippen LogP contribution in [-0.4, -0.2) is 62.1 Å². The smallest absolute Gasteiger partial charge is 0.369 e. The molecule has 1 aromatic carbocycles. The van der Waals surface area contributed by atoms with Crippen LogP contribution in [0.3, 0.4) is 0 Å². The molecule has 0 radical (unpaired) electrons. The quantitative estimate of drug-likeness (QED) is 0.746. The number of amides is 1. The minimum atomic E-state index is -4.48. The van der Waals surface area contributed by atoms with Crippen LogP contribution in [0.4, 0.5) is 30.4 Å². The maximum Gasteiger partial charge on any atom is 0.419 e. The molecule has 2 aliphatic heterocycles. The summed E-state index contributed by atoms with van der Waals surface area (Å²) in [6, 6.07) is 8.34. The van der Waals surface area contributed by atoms with Gasteiger partial charge in [-0.15, -0.1) is 0 Å². The molecule has 1 atom stereocenters. The predicted molar refractivity (Wildman–Crippen MR) is 124 cm³/mol. The van der Waals surface area contributed by atoms with Gasteiger partial charge in [-0.25, -0.2) is 4.98 Å². The van der Waals surface area contributed by atoms with Crippen molar-refractivity contribution in [3.63, 3.8) is 0 Å². The van der Waals surface area contributed by atoms with E-state index < -0.39 is 17.7 Å². The Kier molecular flexibility index (Phi) is 6.78. The molecule has 2 aromatic rings. The molecule has 2 aliphatic rings. The van der Waals surface area contributed by atoms with E-state index in [1.54, 1.807) is 4.90 Å². The van der Waals surface area contributed by atoms with Crippen LogP contribution < -0.4 is 15.1 Å². The van der Waals surface area contributed by atoms with E-state index in [0.29, 0.717) is 19.4 Å². The third-order valence-corrected chi connectivity index (χ3v) is 6.52. The van der Waals surface area contributed by atoms with E-state index in [1.807, 2.05) is 19.1 Å². The maximum absolute atomic E-state index is 13.4. The third-order valence-electron chi connectivity index (χ3n) is 6.52. The number of aromatic nitrogens is 1. The number of nitrogens with one attached hydrogen (secondary N) is 1. The van der Waals surface area contributed by atoms with Crippen molar-refractivity contribution in [1.29, 1.82) is 0 Å². The standard InChI is InChI=1S/C24H30F3N5O/c1-17-15-19(31-13-11-30(2)12-14-31)7-8-21(17)29-23(33)18-5-4-10-32(16-18)22-20(24(25,26)27)6-3-9-28-22/h3,6-9,15,18H,4-5,10-14,16H2,1-2H3,(H,29,33). The Morgan fingerprint density at radius 1 is 1.09 bits per heavy atom. The Balaban J connectivity index is 1.43. The van der Waals surface area contributed by atoms with Gasteiger partial charge in [0.05, 0.1) is 11.5 Å². The zero-order valence-corrected chi connectivity index (χ0v) is 19.0. The van der Waals surface area contributed by atoms with E-state index >= 15 is 0 Å². The highest BCUT2D eigenvalue weighted by Crippen LogP contribution is 2.36. The number of likely N-dealkylation sites (N-methyl/N-ethyl adjacent to an activating group) is 1. The van der Waals surface area contributed by atoms with Crippen LogP contribution in [0.25, 0.3) is 0 Å². The SMILES string of the molecule is Cc1cc(N2CCN(C)CC2)ccc1NC(=O)C1CCCN(c2ncccc2C(F)(F)F)C1. The Morgan fingerprint density at radius 2 is 1.85 bits per heavy atom. The van der Waals surface area contributed by atoms with Crippen LogP contribution >= 0.6 is 0 Å². The first kappa shape index (κ1) is 23.4. The van der Waals surface area contributed by atoms with E-state index in [2.05, 4.69) is 33.2 Å². The molecule has 0 saturated carbocycles. The molecule has 4 rings (SSSR count). The van der Waals surface area contributed by atoms with Crippen molar-refractivity contribution in [2.45, 2.75) is 25.9 Å². The summed E-state index contributed by atoms with van der Waals surface area (Å²) in [5.41, 5.74) is 2.08. The van der Waals surface area contributed by atoms with E-state index in [1.165, 1.54) is 12.3 Å². The molecule has 1 amide bonds. The molecule has 3 heterocycles. The molecule has 6 nitrogen and oxygen atoms in total. The van der Waals surface area contributed by atoms with Gasteiger partial charge in [-0.2, -0.15) is 13.2 Å². The highest BCUT2D eigenvalue weighted by atomic mass is 19.4. The highest BCUT2D eigenvalue weighted by molar-refractivity contribution is 5.94. The average Bonchev–Trinajstić information content (AvgIpc) is 2.80. The number of hydrogen-bond acceptors (Lipinski definition) is 5. The zero-order chi connectivity index (χ0) is 23.6. The Morgan fingerprint density at radius 3 is 2.55 bits per heavy atom. The second kappa shape index (κ2) is 9.59. The molecule has 0 aliphatic carbocycles.